The Hall–Kier alpha value is -4.07. The van der Waals surface area contributed by atoms with Crippen LogP contribution in [0.15, 0.2) is 128 Å². The van der Waals surface area contributed by atoms with Gasteiger partial charge in [0.05, 0.1) is 0 Å². The fraction of sp³-hybridized carbons (Fsp3) is 0.0588. The Labute approximate surface area is 238 Å². The number of nitrogens with zero attached hydrogens (tertiary/aromatic N) is 3. The predicted molar refractivity (Wildman–Crippen MR) is 152 cm³/mol. The van der Waals surface area contributed by atoms with Gasteiger partial charge in [0.25, 0.3) is 0 Å². The number of hydrogen-bond donors (Lipinski definition) is 0. The van der Waals surface area contributed by atoms with Gasteiger partial charge in [-0.3, -0.25) is 0 Å². The molecule has 0 amide bonds. The first-order chi connectivity index (χ1) is 18.3. The molecule has 186 valence electrons. The zero-order valence-electron chi connectivity index (χ0n) is 20.7. The maximum Gasteiger partial charge on any atom is 2.00 e. The van der Waals surface area contributed by atoms with Crippen LogP contribution in [0.3, 0.4) is 0 Å². The minimum absolute atomic E-state index is 0. The smallest absolute Gasteiger partial charge is 0.346 e. The van der Waals surface area contributed by atoms with Crippen LogP contribution in [-0.2, 0) is 21.1 Å². The summed E-state index contributed by atoms with van der Waals surface area (Å²) in [5.74, 6) is 0. The van der Waals surface area contributed by atoms with Gasteiger partial charge in [-0.2, -0.15) is 0 Å². The number of anilines is 3. The second-order valence-corrected chi connectivity index (χ2v) is 8.87. The fourth-order valence-electron chi connectivity index (χ4n) is 4.59. The first-order valence-electron chi connectivity index (χ1n) is 12.5. The van der Waals surface area contributed by atoms with E-state index in [-0.39, 0.29) is 21.1 Å². The van der Waals surface area contributed by atoms with E-state index < -0.39 is 0 Å². The van der Waals surface area contributed by atoms with Crippen molar-refractivity contribution < 1.29 is 21.1 Å². The van der Waals surface area contributed by atoms with E-state index in [1.165, 1.54) is 11.1 Å². The third-order valence-electron chi connectivity index (χ3n) is 6.43. The Balaban J connectivity index is 0.00000294. The molecule has 2 heterocycles. The molecule has 0 atom stereocenters. The molecule has 3 nitrogen and oxygen atoms in total. The molecule has 1 aliphatic carbocycles. The molecule has 0 saturated heterocycles. The van der Waals surface area contributed by atoms with Crippen molar-refractivity contribution in [2.75, 3.05) is 4.90 Å². The summed E-state index contributed by atoms with van der Waals surface area (Å²) in [6, 6.07) is 40.2. The van der Waals surface area contributed by atoms with E-state index in [1.54, 1.807) is 0 Å². The second kappa shape index (κ2) is 12.0. The maximum atomic E-state index is 4.53. The number of hydrogen-bond acceptors (Lipinski definition) is 3. The van der Waals surface area contributed by atoms with Crippen molar-refractivity contribution in [2.24, 2.45) is 0 Å². The molecule has 0 radical (unpaired) electrons. The standard InChI is InChI=1S/C34H25N3.Pt/c1-2-10-26(11-3-1)27-18-20-30(21-19-27)37(31-14-8-12-28(24-31)33-16-4-6-22-35-33)32-15-9-13-29(25-32)34-17-5-7-23-36-34;/h1-2,4-10,12-23H,3,11H2;/q-2;+2. The second-order valence-electron chi connectivity index (χ2n) is 8.87. The molecule has 0 N–H and O–H groups in total. The molecule has 3 aromatic carbocycles. The average Bonchev–Trinajstić information content (AvgIpc) is 2.99. The van der Waals surface area contributed by atoms with Crippen molar-refractivity contribution >= 4 is 22.6 Å². The van der Waals surface area contributed by atoms with Crippen LogP contribution >= 0.6 is 0 Å². The largest absolute Gasteiger partial charge is 2.00 e. The number of allylic oxidation sites excluding steroid dienone is 4. The SMILES string of the molecule is [Pt+2].[c-]1c(-c2ccccn2)cccc1N(c1[c-]c(-c2ccccn2)ccc1)c1ccc(C2=CC=CCC2)cc1. The number of benzene rings is 3. The maximum absolute atomic E-state index is 4.53. The van der Waals surface area contributed by atoms with Crippen LogP contribution in [0, 0.1) is 12.1 Å². The summed E-state index contributed by atoms with van der Waals surface area (Å²) in [5.41, 5.74) is 9.18. The van der Waals surface area contributed by atoms with Crippen LogP contribution in [-0.4, -0.2) is 9.97 Å². The summed E-state index contributed by atoms with van der Waals surface area (Å²) in [6.45, 7) is 0. The van der Waals surface area contributed by atoms with Gasteiger partial charge >= 0.3 is 21.1 Å². The number of pyridine rings is 2. The number of aromatic nitrogens is 2. The van der Waals surface area contributed by atoms with E-state index >= 15 is 0 Å². The van der Waals surface area contributed by atoms with E-state index in [0.29, 0.717) is 0 Å². The third-order valence-corrected chi connectivity index (χ3v) is 6.43. The summed E-state index contributed by atoms with van der Waals surface area (Å²) < 4.78 is 0. The molecular weight excluding hydrogens is 645 g/mol. The van der Waals surface area contributed by atoms with Crippen LogP contribution in [0.1, 0.15) is 18.4 Å². The normalized spacial score (nSPS) is 12.4. The fourth-order valence-corrected chi connectivity index (χ4v) is 4.59. The topological polar surface area (TPSA) is 29.0 Å². The molecule has 6 rings (SSSR count). The van der Waals surface area contributed by atoms with Gasteiger partial charge in [0.2, 0.25) is 0 Å². The quantitative estimate of drug-likeness (QED) is 0.170. The monoisotopic (exact) mass is 670 g/mol. The molecule has 38 heavy (non-hydrogen) atoms. The Bertz CT molecular complexity index is 1480. The molecule has 1 aliphatic rings. The first kappa shape index (κ1) is 25.6. The molecule has 5 aromatic rings. The molecule has 0 fully saturated rings. The van der Waals surface area contributed by atoms with Gasteiger partial charge in [0.1, 0.15) is 0 Å². The summed E-state index contributed by atoms with van der Waals surface area (Å²) in [6.07, 6.45) is 12.4. The summed E-state index contributed by atoms with van der Waals surface area (Å²) in [7, 11) is 0. The predicted octanol–water partition coefficient (Wildman–Crippen LogP) is 8.61. The van der Waals surface area contributed by atoms with Crippen LogP contribution in [0.4, 0.5) is 17.1 Å². The zero-order chi connectivity index (χ0) is 24.9. The minimum Gasteiger partial charge on any atom is -0.346 e. The van der Waals surface area contributed by atoms with E-state index in [0.717, 1.165) is 52.4 Å². The Morgan fingerprint density at radius 1 is 0.632 bits per heavy atom. The van der Waals surface area contributed by atoms with E-state index in [4.69, 9.17) is 0 Å². The minimum atomic E-state index is 0. The molecule has 0 bridgehead atoms. The Morgan fingerprint density at radius 3 is 1.74 bits per heavy atom. The molecule has 0 saturated carbocycles. The van der Waals surface area contributed by atoms with Gasteiger partial charge in [0.15, 0.2) is 0 Å². The van der Waals surface area contributed by atoms with Gasteiger partial charge in [0, 0.05) is 18.1 Å². The van der Waals surface area contributed by atoms with Crippen LogP contribution in [0.25, 0.3) is 28.1 Å². The van der Waals surface area contributed by atoms with Gasteiger partial charge in [-0.05, 0) is 71.0 Å². The molecule has 0 unspecified atom stereocenters. The van der Waals surface area contributed by atoms with Crippen molar-refractivity contribution in [3.8, 4) is 22.5 Å². The Kier molecular flexibility index (Phi) is 8.06. The van der Waals surface area contributed by atoms with E-state index in [9.17, 15) is 0 Å². The summed E-state index contributed by atoms with van der Waals surface area (Å²) in [4.78, 5) is 11.3. The van der Waals surface area contributed by atoms with E-state index in [1.807, 2.05) is 60.9 Å². The molecule has 0 aliphatic heterocycles. The van der Waals surface area contributed by atoms with Crippen molar-refractivity contribution in [3.05, 3.63) is 145 Å². The number of rotatable bonds is 6. The van der Waals surface area contributed by atoms with Crippen molar-refractivity contribution in [1.29, 1.82) is 0 Å². The molecular formula is C34H25N3Pt. The van der Waals surface area contributed by atoms with Crippen molar-refractivity contribution in [2.45, 2.75) is 12.8 Å². The average molecular weight is 671 g/mol. The van der Waals surface area contributed by atoms with Gasteiger partial charge in [-0.15, -0.1) is 59.7 Å². The van der Waals surface area contributed by atoms with Crippen molar-refractivity contribution in [1.82, 2.24) is 9.97 Å². The first-order valence-corrected chi connectivity index (χ1v) is 12.5. The molecule has 0 spiro atoms. The van der Waals surface area contributed by atoms with Crippen molar-refractivity contribution in [3.63, 3.8) is 0 Å². The van der Waals surface area contributed by atoms with Gasteiger partial charge in [-0.25, -0.2) is 0 Å². The summed E-state index contributed by atoms with van der Waals surface area (Å²) in [5, 5.41) is 0. The van der Waals surface area contributed by atoms with Gasteiger partial charge < -0.3 is 14.9 Å². The van der Waals surface area contributed by atoms with Crippen LogP contribution in [0.5, 0.6) is 0 Å². The third kappa shape index (κ3) is 5.59. The van der Waals surface area contributed by atoms with E-state index in [2.05, 4.69) is 93.8 Å². The Morgan fingerprint density at radius 2 is 1.24 bits per heavy atom. The summed E-state index contributed by atoms with van der Waals surface area (Å²) >= 11 is 0. The molecule has 4 heteroatoms. The zero-order valence-corrected chi connectivity index (χ0v) is 23.0. The molecule has 2 aromatic heterocycles. The van der Waals surface area contributed by atoms with Gasteiger partial charge in [-0.1, -0.05) is 54.6 Å². The van der Waals surface area contributed by atoms with Crippen LogP contribution < -0.4 is 4.90 Å². The van der Waals surface area contributed by atoms with Crippen LogP contribution in [0.2, 0.25) is 0 Å².